The molecule has 0 aromatic rings. The molecule has 5 nitrogen and oxygen atoms in total. The summed E-state index contributed by atoms with van der Waals surface area (Å²) in [5.74, 6) is 0. The second-order valence-corrected chi connectivity index (χ2v) is 4.80. The van der Waals surface area contributed by atoms with E-state index in [0.29, 0.717) is 12.1 Å². The normalized spacial score (nSPS) is 25.6. The standard InChI is InChI=1S/C10H20N2O3/c1-10(2,3)15-9(13)12-11-7-5-8(6-7)14-4/h7-8,11H,5-6H2,1-4H3,(H,12,13). The Morgan fingerprint density at radius 2 is 1.93 bits per heavy atom. The summed E-state index contributed by atoms with van der Waals surface area (Å²) in [5, 5.41) is 0. The number of hydrogen-bond acceptors (Lipinski definition) is 4. The minimum atomic E-state index is -0.458. The van der Waals surface area contributed by atoms with Crippen LogP contribution in [0.4, 0.5) is 4.79 Å². The Hall–Kier alpha value is -0.810. The summed E-state index contributed by atoms with van der Waals surface area (Å²) in [6.07, 6.45) is 1.73. The summed E-state index contributed by atoms with van der Waals surface area (Å²) >= 11 is 0. The van der Waals surface area contributed by atoms with Crippen LogP contribution in [0.25, 0.3) is 0 Å². The van der Waals surface area contributed by atoms with E-state index in [1.807, 2.05) is 20.8 Å². The van der Waals surface area contributed by atoms with Crippen LogP contribution in [0.2, 0.25) is 0 Å². The summed E-state index contributed by atoms with van der Waals surface area (Å²) in [6, 6.07) is 0.294. The maximum Gasteiger partial charge on any atom is 0.422 e. The number of hydrogen-bond donors (Lipinski definition) is 2. The molecule has 0 aliphatic heterocycles. The highest BCUT2D eigenvalue weighted by Gasteiger charge is 2.29. The molecule has 1 amide bonds. The van der Waals surface area contributed by atoms with Gasteiger partial charge < -0.3 is 9.47 Å². The predicted molar refractivity (Wildman–Crippen MR) is 56.3 cm³/mol. The molecule has 0 radical (unpaired) electrons. The van der Waals surface area contributed by atoms with Crippen LogP contribution in [-0.2, 0) is 9.47 Å². The summed E-state index contributed by atoms with van der Waals surface area (Å²) < 4.78 is 10.2. The molecule has 0 saturated heterocycles. The lowest BCUT2D eigenvalue weighted by Gasteiger charge is -2.34. The monoisotopic (exact) mass is 216 g/mol. The van der Waals surface area contributed by atoms with Gasteiger partial charge in [-0.05, 0) is 33.6 Å². The van der Waals surface area contributed by atoms with Crippen molar-refractivity contribution in [3.8, 4) is 0 Å². The molecule has 0 spiro atoms. The Labute approximate surface area is 90.5 Å². The van der Waals surface area contributed by atoms with Crippen molar-refractivity contribution in [1.29, 1.82) is 0 Å². The van der Waals surface area contributed by atoms with Gasteiger partial charge in [0.05, 0.1) is 6.10 Å². The van der Waals surface area contributed by atoms with E-state index in [4.69, 9.17) is 9.47 Å². The van der Waals surface area contributed by atoms with Crippen LogP contribution in [0.1, 0.15) is 33.6 Å². The highest BCUT2D eigenvalue weighted by Crippen LogP contribution is 2.21. The first-order valence-electron chi connectivity index (χ1n) is 5.18. The lowest BCUT2D eigenvalue weighted by atomic mass is 9.90. The van der Waals surface area contributed by atoms with E-state index >= 15 is 0 Å². The summed E-state index contributed by atoms with van der Waals surface area (Å²) in [5.41, 5.74) is 4.96. The first kappa shape index (κ1) is 12.3. The first-order chi connectivity index (χ1) is 6.90. The molecule has 0 aromatic carbocycles. The van der Waals surface area contributed by atoms with Crippen molar-refractivity contribution in [2.75, 3.05) is 7.11 Å². The molecule has 0 unspecified atom stereocenters. The molecule has 1 rings (SSSR count). The minimum absolute atomic E-state index is 0.294. The fourth-order valence-corrected chi connectivity index (χ4v) is 1.34. The second-order valence-electron chi connectivity index (χ2n) is 4.80. The van der Waals surface area contributed by atoms with Crippen LogP contribution in [-0.4, -0.2) is 30.9 Å². The number of hydrazine groups is 1. The largest absolute Gasteiger partial charge is 0.443 e. The smallest absolute Gasteiger partial charge is 0.422 e. The summed E-state index contributed by atoms with van der Waals surface area (Å²) in [6.45, 7) is 5.49. The molecule has 5 heteroatoms. The Morgan fingerprint density at radius 1 is 1.33 bits per heavy atom. The van der Waals surface area contributed by atoms with Gasteiger partial charge in [0, 0.05) is 13.2 Å². The van der Waals surface area contributed by atoms with Gasteiger partial charge in [0.2, 0.25) is 0 Å². The maximum absolute atomic E-state index is 11.2. The second kappa shape index (κ2) is 4.81. The molecule has 1 saturated carbocycles. The fourth-order valence-electron chi connectivity index (χ4n) is 1.34. The number of carbonyl (C=O) groups excluding carboxylic acids is 1. The van der Waals surface area contributed by atoms with Crippen molar-refractivity contribution in [2.24, 2.45) is 0 Å². The van der Waals surface area contributed by atoms with Crippen molar-refractivity contribution in [2.45, 2.75) is 51.4 Å². The third kappa shape index (κ3) is 4.48. The number of rotatable bonds is 3. The Morgan fingerprint density at radius 3 is 2.40 bits per heavy atom. The molecule has 0 atom stereocenters. The topological polar surface area (TPSA) is 59.6 Å². The van der Waals surface area contributed by atoms with Crippen molar-refractivity contribution < 1.29 is 14.3 Å². The lowest BCUT2D eigenvalue weighted by molar-refractivity contribution is 0.00831. The van der Waals surface area contributed by atoms with Gasteiger partial charge in [-0.15, -0.1) is 0 Å². The van der Waals surface area contributed by atoms with E-state index in [0.717, 1.165) is 12.8 Å². The number of ether oxygens (including phenoxy) is 2. The van der Waals surface area contributed by atoms with E-state index in [1.54, 1.807) is 7.11 Å². The number of methoxy groups -OCH3 is 1. The van der Waals surface area contributed by atoms with Gasteiger partial charge in [-0.2, -0.15) is 0 Å². The fraction of sp³-hybridized carbons (Fsp3) is 0.900. The molecular weight excluding hydrogens is 196 g/mol. The van der Waals surface area contributed by atoms with Gasteiger partial charge in [0.1, 0.15) is 5.60 Å². The molecule has 1 fully saturated rings. The summed E-state index contributed by atoms with van der Waals surface area (Å²) in [4.78, 5) is 11.2. The van der Waals surface area contributed by atoms with E-state index in [1.165, 1.54) is 0 Å². The third-order valence-corrected chi connectivity index (χ3v) is 2.21. The Balaban J connectivity index is 2.08. The van der Waals surface area contributed by atoms with Crippen LogP contribution in [0, 0.1) is 0 Å². The van der Waals surface area contributed by atoms with Gasteiger partial charge in [0.25, 0.3) is 0 Å². The van der Waals surface area contributed by atoms with Crippen molar-refractivity contribution >= 4 is 6.09 Å². The molecule has 0 aromatic heterocycles. The highest BCUT2D eigenvalue weighted by molar-refractivity contribution is 5.67. The molecule has 0 heterocycles. The molecule has 0 bridgehead atoms. The zero-order valence-electron chi connectivity index (χ0n) is 9.79. The van der Waals surface area contributed by atoms with Gasteiger partial charge in [0.15, 0.2) is 0 Å². The van der Waals surface area contributed by atoms with E-state index in [2.05, 4.69) is 10.9 Å². The minimum Gasteiger partial charge on any atom is -0.443 e. The van der Waals surface area contributed by atoms with Gasteiger partial charge in [-0.3, -0.25) is 5.43 Å². The van der Waals surface area contributed by atoms with Crippen molar-refractivity contribution in [1.82, 2.24) is 10.9 Å². The molecule has 15 heavy (non-hydrogen) atoms. The quantitative estimate of drug-likeness (QED) is 0.696. The third-order valence-electron chi connectivity index (χ3n) is 2.21. The predicted octanol–water partition coefficient (Wildman–Crippen LogP) is 1.19. The van der Waals surface area contributed by atoms with E-state index < -0.39 is 11.7 Å². The average molecular weight is 216 g/mol. The number of carbonyl (C=O) groups is 1. The Bertz CT molecular complexity index is 219. The Kier molecular flexibility index (Phi) is 3.93. The average Bonchev–Trinajstić information content (AvgIpc) is 1.98. The van der Waals surface area contributed by atoms with Crippen LogP contribution in [0.3, 0.4) is 0 Å². The number of amides is 1. The van der Waals surface area contributed by atoms with Gasteiger partial charge in [-0.25, -0.2) is 10.2 Å². The van der Waals surface area contributed by atoms with Crippen LogP contribution < -0.4 is 10.9 Å². The first-order valence-corrected chi connectivity index (χ1v) is 5.18. The lowest BCUT2D eigenvalue weighted by Crippen LogP contribution is -2.53. The van der Waals surface area contributed by atoms with Gasteiger partial charge in [-0.1, -0.05) is 0 Å². The van der Waals surface area contributed by atoms with Crippen molar-refractivity contribution in [3.05, 3.63) is 0 Å². The zero-order chi connectivity index (χ0) is 11.5. The highest BCUT2D eigenvalue weighted by atomic mass is 16.6. The molecule has 1 aliphatic carbocycles. The van der Waals surface area contributed by atoms with Crippen LogP contribution >= 0.6 is 0 Å². The van der Waals surface area contributed by atoms with E-state index in [-0.39, 0.29) is 0 Å². The molecular formula is C10H20N2O3. The van der Waals surface area contributed by atoms with E-state index in [9.17, 15) is 4.79 Å². The zero-order valence-corrected chi connectivity index (χ0v) is 9.79. The number of nitrogens with one attached hydrogen (secondary N) is 2. The maximum atomic E-state index is 11.2. The molecule has 1 aliphatic rings. The SMILES string of the molecule is COC1CC(NNC(=O)OC(C)(C)C)C1. The molecule has 2 N–H and O–H groups in total. The molecule has 88 valence electrons. The summed E-state index contributed by atoms with van der Waals surface area (Å²) in [7, 11) is 1.70. The van der Waals surface area contributed by atoms with Crippen LogP contribution in [0.5, 0.6) is 0 Å². The van der Waals surface area contributed by atoms with Gasteiger partial charge >= 0.3 is 6.09 Å². The van der Waals surface area contributed by atoms with Crippen molar-refractivity contribution in [3.63, 3.8) is 0 Å². The van der Waals surface area contributed by atoms with Crippen LogP contribution in [0.15, 0.2) is 0 Å².